The van der Waals surface area contributed by atoms with Crippen LogP contribution in [0.2, 0.25) is 0 Å². The summed E-state index contributed by atoms with van der Waals surface area (Å²) in [5.74, 6) is 0.0177. The van der Waals surface area contributed by atoms with Crippen molar-refractivity contribution in [3.8, 4) is 10.8 Å². The Balaban J connectivity index is 1.74. The third-order valence-electron chi connectivity index (χ3n) is 3.32. The zero-order valence-corrected chi connectivity index (χ0v) is 14.9. The average Bonchev–Trinajstić information content (AvgIpc) is 3.17. The van der Waals surface area contributed by atoms with Gasteiger partial charge >= 0.3 is 0 Å². The largest absolute Gasteiger partial charge is 0.462 e. The standard InChI is InChI=1S/C16H15N3O4S2/c1-10-14(19-16(24-10)13-3-2-8-23-13)15(20)18-12-6-4-11(5-7-12)9-25(17,21)22/h2-8H,9H2,1H3,(H,18,20)(H2,17,21,22). The first-order valence-electron chi connectivity index (χ1n) is 7.24. The van der Waals surface area contributed by atoms with Crippen molar-refractivity contribution in [2.75, 3.05) is 5.32 Å². The third kappa shape index (κ3) is 4.32. The molecule has 3 rings (SSSR count). The van der Waals surface area contributed by atoms with Crippen LogP contribution in [0.3, 0.4) is 0 Å². The number of anilines is 1. The number of nitrogens with one attached hydrogen (secondary N) is 1. The molecule has 0 saturated carbocycles. The van der Waals surface area contributed by atoms with Crippen LogP contribution in [0.15, 0.2) is 47.1 Å². The summed E-state index contributed by atoms with van der Waals surface area (Å²) in [6.45, 7) is 1.81. The average molecular weight is 377 g/mol. The van der Waals surface area contributed by atoms with E-state index >= 15 is 0 Å². The fourth-order valence-electron chi connectivity index (χ4n) is 2.22. The van der Waals surface area contributed by atoms with E-state index in [2.05, 4.69) is 10.3 Å². The molecule has 0 unspecified atom stereocenters. The molecule has 1 amide bonds. The Morgan fingerprint density at radius 3 is 2.60 bits per heavy atom. The Labute approximate surface area is 148 Å². The molecular weight excluding hydrogens is 362 g/mol. The molecule has 0 aliphatic rings. The van der Waals surface area contributed by atoms with Crippen LogP contribution < -0.4 is 10.5 Å². The van der Waals surface area contributed by atoms with Crippen molar-refractivity contribution in [1.29, 1.82) is 0 Å². The number of aryl methyl sites for hydroxylation is 1. The summed E-state index contributed by atoms with van der Waals surface area (Å²) >= 11 is 1.37. The zero-order chi connectivity index (χ0) is 18.0. The van der Waals surface area contributed by atoms with E-state index in [1.54, 1.807) is 42.7 Å². The van der Waals surface area contributed by atoms with E-state index in [1.165, 1.54) is 11.3 Å². The number of hydrogen-bond acceptors (Lipinski definition) is 6. The second-order valence-electron chi connectivity index (χ2n) is 5.36. The summed E-state index contributed by atoms with van der Waals surface area (Å²) in [6, 6.07) is 9.98. The van der Waals surface area contributed by atoms with Crippen LogP contribution in [0.4, 0.5) is 5.69 Å². The first kappa shape index (κ1) is 17.3. The SMILES string of the molecule is Cc1sc(-c2ccco2)nc1C(=O)Nc1ccc(CS(N)(=O)=O)cc1. The minimum Gasteiger partial charge on any atom is -0.462 e. The molecule has 0 bridgehead atoms. The molecule has 3 aromatic rings. The fraction of sp³-hybridized carbons (Fsp3) is 0.125. The molecule has 25 heavy (non-hydrogen) atoms. The number of carbonyl (C=O) groups excluding carboxylic acids is 1. The van der Waals surface area contributed by atoms with Gasteiger partial charge in [0.25, 0.3) is 5.91 Å². The Kier molecular flexibility index (Phi) is 4.71. The molecule has 0 radical (unpaired) electrons. The number of sulfonamides is 1. The normalized spacial score (nSPS) is 11.4. The van der Waals surface area contributed by atoms with Crippen LogP contribution in [0.25, 0.3) is 10.8 Å². The molecular formula is C16H15N3O4S2. The lowest BCUT2D eigenvalue weighted by molar-refractivity contribution is 0.102. The molecule has 0 fully saturated rings. The van der Waals surface area contributed by atoms with Gasteiger partial charge in [-0.1, -0.05) is 12.1 Å². The molecule has 2 heterocycles. The van der Waals surface area contributed by atoms with Crippen molar-refractivity contribution in [3.05, 3.63) is 58.8 Å². The highest BCUT2D eigenvalue weighted by Gasteiger charge is 2.17. The highest BCUT2D eigenvalue weighted by molar-refractivity contribution is 7.88. The maximum atomic E-state index is 12.4. The van der Waals surface area contributed by atoms with Crippen molar-refractivity contribution in [1.82, 2.24) is 4.98 Å². The molecule has 130 valence electrons. The number of benzene rings is 1. The van der Waals surface area contributed by atoms with Gasteiger partial charge in [-0.3, -0.25) is 4.79 Å². The molecule has 0 atom stereocenters. The Bertz CT molecular complexity index is 991. The summed E-state index contributed by atoms with van der Waals surface area (Å²) in [4.78, 5) is 17.5. The van der Waals surface area contributed by atoms with Crippen molar-refractivity contribution in [2.45, 2.75) is 12.7 Å². The van der Waals surface area contributed by atoms with Crippen LogP contribution in [0.1, 0.15) is 20.9 Å². The van der Waals surface area contributed by atoms with E-state index in [4.69, 9.17) is 9.56 Å². The number of aromatic nitrogens is 1. The van der Waals surface area contributed by atoms with Gasteiger partial charge in [0.05, 0.1) is 12.0 Å². The molecule has 7 nitrogen and oxygen atoms in total. The number of thiazole rings is 1. The quantitative estimate of drug-likeness (QED) is 0.709. The molecule has 0 spiro atoms. The number of rotatable bonds is 5. The smallest absolute Gasteiger partial charge is 0.275 e. The van der Waals surface area contributed by atoms with Crippen molar-refractivity contribution in [2.24, 2.45) is 5.14 Å². The fourth-order valence-corrected chi connectivity index (χ4v) is 3.76. The van der Waals surface area contributed by atoms with Crippen molar-refractivity contribution < 1.29 is 17.6 Å². The van der Waals surface area contributed by atoms with Gasteiger partial charge < -0.3 is 9.73 Å². The molecule has 0 aliphatic heterocycles. The van der Waals surface area contributed by atoms with E-state index in [9.17, 15) is 13.2 Å². The summed E-state index contributed by atoms with van der Waals surface area (Å²) in [7, 11) is -3.59. The molecule has 0 saturated heterocycles. The molecule has 0 aliphatic carbocycles. The van der Waals surface area contributed by atoms with Gasteiger partial charge in [0.1, 0.15) is 5.69 Å². The number of amides is 1. The predicted octanol–water partition coefficient (Wildman–Crippen LogP) is 2.75. The van der Waals surface area contributed by atoms with Gasteiger partial charge in [-0.25, -0.2) is 18.5 Å². The van der Waals surface area contributed by atoms with Crippen LogP contribution in [-0.4, -0.2) is 19.3 Å². The molecule has 9 heteroatoms. The van der Waals surface area contributed by atoms with Gasteiger partial charge in [-0.2, -0.15) is 0 Å². The minimum atomic E-state index is -3.59. The number of carbonyl (C=O) groups is 1. The lowest BCUT2D eigenvalue weighted by Gasteiger charge is -2.05. The molecule has 2 aromatic heterocycles. The van der Waals surface area contributed by atoms with Crippen molar-refractivity contribution in [3.63, 3.8) is 0 Å². The van der Waals surface area contributed by atoms with Crippen LogP contribution in [-0.2, 0) is 15.8 Å². The minimum absolute atomic E-state index is 0.251. The zero-order valence-electron chi connectivity index (χ0n) is 13.2. The maximum absolute atomic E-state index is 12.4. The van der Waals surface area contributed by atoms with Crippen LogP contribution >= 0.6 is 11.3 Å². The van der Waals surface area contributed by atoms with E-state index < -0.39 is 10.0 Å². The first-order chi connectivity index (χ1) is 11.8. The molecule has 1 aromatic carbocycles. The third-order valence-corrected chi connectivity index (χ3v) is 5.04. The Morgan fingerprint density at radius 1 is 1.28 bits per heavy atom. The number of nitrogens with two attached hydrogens (primary N) is 1. The lowest BCUT2D eigenvalue weighted by Crippen LogP contribution is -2.15. The molecule has 3 N–H and O–H groups in total. The summed E-state index contributed by atoms with van der Waals surface area (Å²) in [5, 5.41) is 8.39. The van der Waals surface area contributed by atoms with E-state index in [1.807, 2.05) is 6.92 Å². The van der Waals surface area contributed by atoms with Gasteiger partial charge in [-0.05, 0) is 36.8 Å². The summed E-state index contributed by atoms with van der Waals surface area (Å²) in [5.41, 5.74) is 1.41. The van der Waals surface area contributed by atoms with Crippen LogP contribution in [0, 0.1) is 6.92 Å². The second kappa shape index (κ2) is 6.79. The second-order valence-corrected chi connectivity index (χ2v) is 8.18. The summed E-state index contributed by atoms with van der Waals surface area (Å²) in [6.07, 6.45) is 1.55. The highest BCUT2D eigenvalue weighted by Crippen LogP contribution is 2.28. The van der Waals surface area contributed by atoms with E-state index in [0.717, 1.165) is 4.88 Å². The maximum Gasteiger partial charge on any atom is 0.275 e. The van der Waals surface area contributed by atoms with Crippen molar-refractivity contribution >= 4 is 33.0 Å². The lowest BCUT2D eigenvalue weighted by atomic mass is 10.2. The predicted molar refractivity (Wildman–Crippen MR) is 95.8 cm³/mol. The Hall–Kier alpha value is -2.49. The number of primary sulfonamides is 1. The number of furan rings is 1. The van der Waals surface area contributed by atoms with Gasteiger partial charge in [0.15, 0.2) is 10.8 Å². The topological polar surface area (TPSA) is 115 Å². The monoisotopic (exact) mass is 377 g/mol. The Morgan fingerprint density at radius 2 is 2.00 bits per heavy atom. The number of hydrogen-bond donors (Lipinski definition) is 2. The highest BCUT2D eigenvalue weighted by atomic mass is 32.2. The summed E-state index contributed by atoms with van der Waals surface area (Å²) < 4.78 is 27.5. The van der Waals surface area contributed by atoms with E-state index in [-0.39, 0.29) is 11.7 Å². The van der Waals surface area contributed by atoms with Gasteiger partial charge in [0, 0.05) is 10.6 Å². The van der Waals surface area contributed by atoms with E-state index in [0.29, 0.717) is 27.7 Å². The first-order valence-corrected chi connectivity index (χ1v) is 9.77. The van der Waals surface area contributed by atoms with Gasteiger partial charge in [-0.15, -0.1) is 11.3 Å². The van der Waals surface area contributed by atoms with Gasteiger partial charge in [0.2, 0.25) is 10.0 Å². The van der Waals surface area contributed by atoms with Crippen LogP contribution in [0.5, 0.6) is 0 Å². The number of nitrogens with zero attached hydrogens (tertiary/aromatic N) is 1.